The van der Waals surface area contributed by atoms with Crippen molar-refractivity contribution in [1.29, 1.82) is 0 Å². The highest BCUT2D eigenvalue weighted by Gasteiger charge is 1.94. The number of benzene rings is 1. The van der Waals surface area contributed by atoms with E-state index in [0.29, 0.717) is 11.3 Å². The summed E-state index contributed by atoms with van der Waals surface area (Å²) in [5.74, 6) is 0. The Bertz CT molecular complexity index is 303. The molecule has 1 rings (SSSR count). The normalized spacial score (nSPS) is 11.5. The van der Waals surface area contributed by atoms with Crippen LogP contribution in [0.3, 0.4) is 0 Å². The standard InChI is InChI=1S/C7H10NO3P/c8-7-3-1-6(2-4-7)5-12(9,10)11/h1-4H,5,8H2,(H2,9,10,11)/p-2. The van der Waals surface area contributed by atoms with Crippen LogP contribution in [0.15, 0.2) is 24.3 Å². The quantitative estimate of drug-likeness (QED) is 0.505. The molecule has 66 valence electrons. The van der Waals surface area contributed by atoms with Gasteiger partial charge in [0.15, 0.2) is 0 Å². The van der Waals surface area contributed by atoms with Crippen molar-refractivity contribution >= 4 is 13.3 Å². The maximum Gasteiger partial charge on any atom is 0.0314 e. The lowest BCUT2D eigenvalue weighted by Gasteiger charge is -2.29. The van der Waals surface area contributed by atoms with Crippen LogP contribution in [0.4, 0.5) is 5.69 Å². The van der Waals surface area contributed by atoms with E-state index in [-0.39, 0.29) is 0 Å². The molecular formula is C7H8NO3P-2. The molecule has 0 aliphatic heterocycles. The van der Waals surface area contributed by atoms with Gasteiger partial charge < -0.3 is 20.1 Å². The number of rotatable bonds is 2. The van der Waals surface area contributed by atoms with Gasteiger partial charge in [0, 0.05) is 11.8 Å². The molecule has 0 aromatic heterocycles. The molecule has 0 atom stereocenters. The van der Waals surface area contributed by atoms with E-state index in [9.17, 15) is 14.4 Å². The highest BCUT2D eigenvalue weighted by atomic mass is 31.2. The zero-order valence-corrected chi connectivity index (χ0v) is 7.16. The minimum atomic E-state index is -4.44. The first kappa shape index (κ1) is 9.26. The number of nitrogen functional groups attached to an aromatic ring is 1. The average molecular weight is 185 g/mol. The van der Waals surface area contributed by atoms with Gasteiger partial charge in [-0.15, -0.1) is 0 Å². The van der Waals surface area contributed by atoms with E-state index in [0.717, 1.165) is 0 Å². The number of anilines is 1. The summed E-state index contributed by atoms with van der Waals surface area (Å²) in [6.45, 7) is 0. The largest absolute Gasteiger partial charge is 0.810 e. The maximum atomic E-state index is 10.3. The van der Waals surface area contributed by atoms with Crippen molar-refractivity contribution < 1.29 is 14.4 Å². The summed E-state index contributed by atoms with van der Waals surface area (Å²) < 4.78 is 10.3. The fraction of sp³-hybridized carbons (Fsp3) is 0.143. The van der Waals surface area contributed by atoms with Crippen LogP contribution >= 0.6 is 7.60 Å². The van der Waals surface area contributed by atoms with Gasteiger partial charge in [0.2, 0.25) is 0 Å². The van der Waals surface area contributed by atoms with Crippen molar-refractivity contribution in [2.75, 3.05) is 5.73 Å². The Kier molecular flexibility index (Phi) is 2.52. The number of hydrogen-bond donors (Lipinski definition) is 1. The lowest BCUT2D eigenvalue weighted by Crippen LogP contribution is -2.15. The first-order chi connectivity index (χ1) is 5.47. The molecule has 5 heteroatoms. The summed E-state index contributed by atoms with van der Waals surface area (Å²) in [6.07, 6.45) is -0.451. The van der Waals surface area contributed by atoms with Crippen LogP contribution in [0, 0.1) is 0 Å². The topological polar surface area (TPSA) is 89.2 Å². The molecule has 0 spiro atoms. The van der Waals surface area contributed by atoms with Crippen LogP contribution in [0.5, 0.6) is 0 Å². The van der Waals surface area contributed by atoms with E-state index in [1.165, 1.54) is 12.1 Å². The van der Waals surface area contributed by atoms with Gasteiger partial charge in [-0.3, -0.25) is 0 Å². The second-order valence-corrected chi connectivity index (χ2v) is 4.05. The van der Waals surface area contributed by atoms with Crippen LogP contribution in [-0.4, -0.2) is 0 Å². The van der Waals surface area contributed by atoms with Crippen LogP contribution in [0.25, 0.3) is 0 Å². The van der Waals surface area contributed by atoms with E-state index in [1.807, 2.05) is 0 Å². The van der Waals surface area contributed by atoms with Crippen molar-refractivity contribution in [3.63, 3.8) is 0 Å². The van der Waals surface area contributed by atoms with Gasteiger partial charge in [-0.2, -0.15) is 0 Å². The summed E-state index contributed by atoms with van der Waals surface area (Å²) in [4.78, 5) is 20.7. The third-order valence-corrected chi connectivity index (χ3v) is 2.11. The van der Waals surface area contributed by atoms with Gasteiger partial charge in [-0.1, -0.05) is 19.7 Å². The van der Waals surface area contributed by atoms with E-state index >= 15 is 0 Å². The third kappa shape index (κ3) is 3.05. The molecule has 0 heterocycles. The van der Waals surface area contributed by atoms with Crippen LogP contribution in [-0.2, 0) is 10.7 Å². The summed E-state index contributed by atoms with van der Waals surface area (Å²) in [7, 11) is -4.44. The number of hydrogen-bond acceptors (Lipinski definition) is 4. The molecule has 0 radical (unpaired) electrons. The maximum absolute atomic E-state index is 10.3. The minimum absolute atomic E-state index is 0.451. The molecule has 0 aliphatic rings. The van der Waals surface area contributed by atoms with Crippen molar-refractivity contribution in [1.82, 2.24) is 0 Å². The van der Waals surface area contributed by atoms with Crippen molar-refractivity contribution in [3.05, 3.63) is 29.8 Å². The molecular weight excluding hydrogens is 177 g/mol. The predicted octanol–water partition coefficient (Wildman–Crippen LogP) is -0.318. The highest BCUT2D eigenvalue weighted by Crippen LogP contribution is 2.29. The monoisotopic (exact) mass is 185 g/mol. The molecule has 0 saturated carbocycles. The molecule has 0 bridgehead atoms. The average Bonchev–Trinajstić information content (AvgIpc) is 1.91. The Hall–Kier alpha value is -0.830. The van der Waals surface area contributed by atoms with Gasteiger partial charge in [-0.25, -0.2) is 0 Å². The van der Waals surface area contributed by atoms with Gasteiger partial charge in [0.25, 0.3) is 0 Å². The smallest absolute Gasteiger partial charge is 0.0314 e. The molecule has 0 amide bonds. The number of nitrogens with two attached hydrogens (primary N) is 1. The minimum Gasteiger partial charge on any atom is -0.810 e. The highest BCUT2D eigenvalue weighted by molar-refractivity contribution is 7.47. The van der Waals surface area contributed by atoms with Crippen molar-refractivity contribution in [2.24, 2.45) is 0 Å². The van der Waals surface area contributed by atoms with E-state index in [4.69, 9.17) is 5.73 Å². The summed E-state index contributed by atoms with van der Waals surface area (Å²) in [5, 5.41) is 0. The Labute approximate surface area is 70.2 Å². The fourth-order valence-electron chi connectivity index (χ4n) is 0.847. The van der Waals surface area contributed by atoms with Crippen molar-refractivity contribution in [2.45, 2.75) is 6.16 Å². The van der Waals surface area contributed by atoms with E-state index < -0.39 is 13.8 Å². The molecule has 12 heavy (non-hydrogen) atoms. The SMILES string of the molecule is Nc1ccc(CP(=O)([O-])[O-])cc1. The second-order valence-electron chi connectivity index (χ2n) is 2.51. The van der Waals surface area contributed by atoms with Gasteiger partial charge in [0.1, 0.15) is 0 Å². The zero-order valence-electron chi connectivity index (χ0n) is 6.27. The Balaban J connectivity index is 2.78. The Morgan fingerprint density at radius 3 is 2.17 bits per heavy atom. The fourth-order valence-corrected chi connectivity index (χ4v) is 1.50. The third-order valence-electron chi connectivity index (χ3n) is 1.36. The molecule has 1 aromatic rings. The van der Waals surface area contributed by atoms with Crippen LogP contribution in [0.1, 0.15) is 5.56 Å². The molecule has 4 nitrogen and oxygen atoms in total. The summed E-state index contributed by atoms with van der Waals surface area (Å²) in [5.41, 5.74) is 6.38. The lowest BCUT2D eigenvalue weighted by molar-refractivity contribution is -0.314. The molecule has 0 unspecified atom stereocenters. The summed E-state index contributed by atoms with van der Waals surface area (Å²) >= 11 is 0. The molecule has 1 aromatic carbocycles. The predicted molar refractivity (Wildman–Crippen MR) is 42.2 cm³/mol. The first-order valence-electron chi connectivity index (χ1n) is 3.33. The summed E-state index contributed by atoms with van der Waals surface area (Å²) in [6, 6.07) is 6.17. The molecule has 0 fully saturated rings. The Morgan fingerprint density at radius 1 is 1.25 bits per heavy atom. The molecule has 2 N–H and O–H groups in total. The van der Waals surface area contributed by atoms with Gasteiger partial charge >= 0.3 is 0 Å². The van der Waals surface area contributed by atoms with E-state index in [1.54, 1.807) is 12.1 Å². The van der Waals surface area contributed by atoms with Crippen LogP contribution < -0.4 is 15.5 Å². The Morgan fingerprint density at radius 2 is 1.75 bits per heavy atom. The zero-order chi connectivity index (χ0) is 9.19. The van der Waals surface area contributed by atoms with Crippen molar-refractivity contribution in [3.8, 4) is 0 Å². The lowest BCUT2D eigenvalue weighted by atomic mass is 10.2. The van der Waals surface area contributed by atoms with Gasteiger partial charge in [0.05, 0.1) is 0 Å². The second kappa shape index (κ2) is 3.27. The van der Waals surface area contributed by atoms with E-state index in [2.05, 4.69) is 0 Å². The van der Waals surface area contributed by atoms with Crippen LogP contribution in [0.2, 0.25) is 0 Å². The first-order valence-corrected chi connectivity index (χ1v) is 5.06. The molecule has 0 saturated heterocycles. The van der Waals surface area contributed by atoms with Gasteiger partial charge in [-0.05, 0) is 17.7 Å². The molecule has 0 aliphatic carbocycles.